The van der Waals surface area contributed by atoms with Crippen LogP contribution in [0.5, 0.6) is 0 Å². The van der Waals surface area contributed by atoms with E-state index in [9.17, 15) is 9.59 Å². The number of hydrogen-bond donors (Lipinski definition) is 2. The zero-order valence-corrected chi connectivity index (χ0v) is 12.3. The van der Waals surface area contributed by atoms with Crippen LogP contribution in [0.3, 0.4) is 0 Å². The molecule has 0 radical (unpaired) electrons. The van der Waals surface area contributed by atoms with Crippen LogP contribution in [0.2, 0.25) is 0 Å². The third-order valence-corrected chi connectivity index (χ3v) is 4.30. The Hall–Kier alpha value is -1.66. The second-order valence-electron chi connectivity index (χ2n) is 3.86. The van der Waals surface area contributed by atoms with E-state index < -0.39 is 5.97 Å². The number of aryl methyl sites for hydroxylation is 1. The molecule has 2 N–H and O–H groups in total. The van der Waals surface area contributed by atoms with Gasteiger partial charge in [-0.1, -0.05) is 12.1 Å². The molecule has 98 valence electrons. The lowest BCUT2D eigenvalue weighted by atomic mass is 10.2. The molecule has 1 amide bonds. The molecule has 1 heterocycles. The highest BCUT2D eigenvalue weighted by Crippen LogP contribution is 2.27. The summed E-state index contributed by atoms with van der Waals surface area (Å²) in [5.41, 5.74) is 1.14. The fourth-order valence-electron chi connectivity index (χ4n) is 1.58. The maximum absolute atomic E-state index is 12.0. The molecule has 4 nitrogen and oxygen atoms in total. The van der Waals surface area contributed by atoms with Crippen LogP contribution in [-0.2, 0) is 0 Å². The summed E-state index contributed by atoms with van der Waals surface area (Å²) in [5.74, 6) is -1.26. The zero-order chi connectivity index (χ0) is 14.0. The number of benzene rings is 1. The summed E-state index contributed by atoms with van der Waals surface area (Å²) in [5, 5.41) is 12.2. The molecule has 0 aliphatic rings. The fraction of sp³-hybridized carbons (Fsp3) is 0.0769. The second kappa shape index (κ2) is 5.54. The smallest absolute Gasteiger partial charge is 0.346 e. The number of anilines is 1. The van der Waals surface area contributed by atoms with Gasteiger partial charge < -0.3 is 10.4 Å². The molecule has 0 atom stereocenters. The number of hydrogen-bond acceptors (Lipinski definition) is 3. The van der Waals surface area contributed by atoms with Crippen LogP contribution in [0.1, 0.15) is 25.6 Å². The van der Waals surface area contributed by atoms with E-state index in [0.29, 0.717) is 20.6 Å². The normalized spacial score (nSPS) is 10.2. The first-order chi connectivity index (χ1) is 8.99. The van der Waals surface area contributed by atoms with Gasteiger partial charge in [0.1, 0.15) is 4.88 Å². The minimum atomic E-state index is -0.983. The van der Waals surface area contributed by atoms with Crippen molar-refractivity contribution in [2.75, 3.05) is 5.32 Å². The number of halogens is 1. The Morgan fingerprint density at radius 2 is 2.00 bits per heavy atom. The van der Waals surface area contributed by atoms with Crippen molar-refractivity contribution in [1.82, 2.24) is 0 Å². The molecule has 0 aliphatic carbocycles. The number of carbonyl (C=O) groups excluding carboxylic acids is 1. The van der Waals surface area contributed by atoms with Gasteiger partial charge in [-0.05, 0) is 46.6 Å². The van der Waals surface area contributed by atoms with Gasteiger partial charge >= 0.3 is 5.97 Å². The van der Waals surface area contributed by atoms with Gasteiger partial charge in [0.05, 0.1) is 10.6 Å². The number of carboxylic acids is 1. The topological polar surface area (TPSA) is 66.4 Å². The van der Waals surface area contributed by atoms with Crippen molar-refractivity contribution in [2.24, 2.45) is 0 Å². The van der Waals surface area contributed by atoms with Crippen LogP contribution >= 0.6 is 27.3 Å². The van der Waals surface area contributed by atoms with Gasteiger partial charge in [0.2, 0.25) is 0 Å². The van der Waals surface area contributed by atoms with Gasteiger partial charge in [0.25, 0.3) is 5.91 Å². The summed E-state index contributed by atoms with van der Waals surface area (Å²) in [6.07, 6.45) is 0. The molecule has 1 aromatic heterocycles. The van der Waals surface area contributed by atoms with Gasteiger partial charge in [-0.15, -0.1) is 11.3 Å². The van der Waals surface area contributed by atoms with Gasteiger partial charge in [-0.3, -0.25) is 4.79 Å². The van der Waals surface area contributed by atoms with Crippen molar-refractivity contribution in [1.29, 1.82) is 0 Å². The molecule has 0 spiro atoms. The average Bonchev–Trinajstić information content (AvgIpc) is 2.70. The average molecular weight is 340 g/mol. The van der Waals surface area contributed by atoms with E-state index in [4.69, 9.17) is 5.11 Å². The maximum Gasteiger partial charge on any atom is 0.346 e. The van der Waals surface area contributed by atoms with E-state index >= 15 is 0 Å². The Morgan fingerprint density at radius 3 is 2.58 bits per heavy atom. The van der Waals surface area contributed by atoms with Crippen LogP contribution < -0.4 is 5.32 Å². The highest BCUT2D eigenvalue weighted by Gasteiger charge is 2.15. The Balaban J connectivity index is 2.22. The first-order valence-corrected chi connectivity index (χ1v) is 6.99. The number of amides is 1. The molecule has 0 unspecified atom stereocenters. The highest BCUT2D eigenvalue weighted by atomic mass is 79.9. The van der Waals surface area contributed by atoms with Gasteiger partial charge in [0.15, 0.2) is 0 Å². The van der Waals surface area contributed by atoms with Crippen molar-refractivity contribution in [3.8, 4) is 0 Å². The van der Waals surface area contributed by atoms with Gasteiger partial charge in [-0.25, -0.2) is 4.79 Å². The predicted molar refractivity (Wildman–Crippen MR) is 78.1 cm³/mol. The quantitative estimate of drug-likeness (QED) is 0.894. The van der Waals surface area contributed by atoms with Crippen molar-refractivity contribution in [2.45, 2.75) is 6.92 Å². The third-order valence-electron chi connectivity index (χ3n) is 2.47. The minimum Gasteiger partial charge on any atom is -0.477 e. The SMILES string of the molecule is Cc1cc(NC(=O)c2ccccc2Br)sc1C(=O)O. The highest BCUT2D eigenvalue weighted by molar-refractivity contribution is 9.10. The summed E-state index contributed by atoms with van der Waals surface area (Å²) in [6, 6.07) is 8.71. The fourth-order valence-corrected chi connectivity index (χ4v) is 2.95. The summed E-state index contributed by atoms with van der Waals surface area (Å²) in [4.78, 5) is 23.2. The van der Waals surface area contributed by atoms with Gasteiger partial charge in [0, 0.05) is 4.47 Å². The van der Waals surface area contributed by atoms with E-state index in [1.165, 1.54) is 0 Å². The number of carbonyl (C=O) groups is 2. The van der Waals surface area contributed by atoms with Gasteiger partial charge in [-0.2, -0.15) is 0 Å². The third kappa shape index (κ3) is 3.02. The standard InChI is InChI=1S/C13H10BrNO3S/c1-7-6-10(19-11(7)13(17)18)15-12(16)8-4-2-3-5-9(8)14/h2-6H,1H3,(H,15,16)(H,17,18). The Morgan fingerprint density at radius 1 is 1.32 bits per heavy atom. The van der Waals surface area contributed by atoms with Crippen molar-refractivity contribution < 1.29 is 14.7 Å². The second-order valence-corrected chi connectivity index (χ2v) is 5.77. The van der Waals surface area contributed by atoms with Crippen LogP contribution in [-0.4, -0.2) is 17.0 Å². The molecule has 0 aliphatic heterocycles. The molecule has 6 heteroatoms. The lowest BCUT2D eigenvalue weighted by molar-refractivity contribution is 0.0701. The van der Waals surface area contributed by atoms with Crippen molar-refractivity contribution >= 4 is 44.1 Å². The Labute approximate surface area is 122 Å². The number of aromatic carboxylic acids is 1. The molecule has 0 fully saturated rings. The molecule has 19 heavy (non-hydrogen) atoms. The molecule has 0 saturated heterocycles. The molecule has 1 aromatic carbocycles. The largest absolute Gasteiger partial charge is 0.477 e. The van der Waals surface area contributed by atoms with Crippen LogP contribution in [0.4, 0.5) is 5.00 Å². The molecular formula is C13H10BrNO3S. The maximum atomic E-state index is 12.0. The lowest BCUT2D eigenvalue weighted by Crippen LogP contribution is -2.11. The Kier molecular flexibility index (Phi) is 4.01. The molecular weight excluding hydrogens is 330 g/mol. The number of nitrogens with one attached hydrogen (secondary N) is 1. The number of thiophene rings is 1. The summed E-state index contributed by atoms with van der Waals surface area (Å²) in [7, 11) is 0. The minimum absolute atomic E-state index is 0.238. The van der Waals surface area contributed by atoms with E-state index in [1.807, 2.05) is 6.07 Å². The molecule has 0 saturated carbocycles. The Bertz CT molecular complexity index is 651. The zero-order valence-electron chi connectivity index (χ0n) is 9.94. The molecule has 0 bridgehead atoms. The summed E-state index contributed by atoms with van der Waals surface area (Å²) >= 11 is 4.35. The van der Waals surface area contributed by atoms with Crippen LogP contribution in [0, 0.1) is 6.92 Å². The molecule has 2 aromatic rings. The van der Waals surface area contributed by atoms with Crippen LogP contribution in [0.25, 0.3) is 0 Å². The summed E-state index contributed by atoms with van der Waals surface area (Å²) in [6.45, 7) is 1.70. The summed E-state index contributed by atoms with van der Waals surface area (Å²) < 4.78 is 0.694. The van der Waals surface area contributed by atoms with Crippen molar-refractivity contribution in [3.05, 3.63) is 50.8 Å². The molecule has 2 rings (SSSR count). The van der Waals surface area contributed by atoms with Crippen LogP contribution in [0.15, 0.2) is 34.8 Å². The van der Waals surface area contributed by atoms with Crippen molar-refractivity contribution in [3.63, 3.8) is 0 Å². The number of carboxylic acid groups (broad SMARTS) is 1. The van der Waals surface area contributed by atoms with E-state index in [0.717, 1.165) is 11.3 Å². The monoisotopic (exact) mass is 339 g/mol. The number of rotatable bonds is 3. The first-order valence-electron chi connectivity index (χ1n) is 5.38. The lowest BCUT2D eigenvalue weighted by Gasteiger charge is -2.04. The van der Waals surface area contributed by atoms with E-state index in [2.05, 4.69) is 21.2 Å². The van der Waals surface area contributed by atoms with E-state index in [-0.39, 0.29) is 10.8 Å². The predicted octanol–water partition coefficient (Wildman–Crippen LogP) is 3.77. The first kappa shape index (κ1) is 13.8. The van der Waals surface area contributed by atoms with E-state index in [1.54, 1.807) is 31.2 Å².